The Kier molecular flexibility index (Phi) is 3.53. The van der Waals surface area contributed by atoms with Crippen LogP contribution in [0.3, 0.4) is 0 Å². The second-order valence-electron chi connectivity index (χ2n) is 5.23. The zero-order chi connectivity index (χ0) is 15.0. The summed E-state index contributed by atoms with van der Waals surface area (Å²) in [7, 11) is 1.59. The normalized spacial score (nSPS) is 21.0. The maximum atomic E-state index is 13.3. The number of alkyl halides is 2. The van der Waals surface area contributed by atoms with Gasteiger partial charge in [-0.3, -0.25) is 0 Å². The van der Waals surface area contributed by atoms with Crippen LogP contribution in [0.15, 0.2) is 30.3 Å². The number of nitrogens with one attached hydrogen (secondary N) is 1. The van der Waals surface area contributed by atoms with Crippen molar-refractivity contribution in [3.05, 3.63) is 41.6 Å². The highest BCUT2D eigenvalue weighted by molar-refractivity contribution is 5.44. The summed E-state index contributed by atoms with van der Waals surface area (Å²) >= 11 is 0. The van der Waals surface area contributed by atoms with Gasteiger partial charge < -0.3 is 10.1 Å². The van der Waals surface area contributed by atoms with Gasteiger partial charge in [-0.2, -0.15) is 5.10 Å². The lowest BCUT2D eigenvalue weighted by atomic mass is 9.97. The van der Waals surface area contributed by atoms with Crippen LogP contribution in [0.5, 0.6) is 5.75 Å². The predicted octanol–water partition coefficient (Wildman–Crippen LogP) is 3.56. The summed E-state index contributed by atoms with van der Waals surface area (Å²) in [6.45, 7) is 1.80. The third-order valence-electron chi connectivity index (χ3n) is 3.76. The quantitative estimate of drug-likeness (QED) is 0.940. The molecule has 0 radical (unpaired) electrons. The van der Waals surface area contributed by atoms with Gasteiger partial charge in [-0.15, -0.1) is 0 Å². The Morgan fingerprint density at radius 2 is 2.19 bits per heavy atom. The first-order valence-corrected chi connectivity index (χ1v) is 6.83. The van der Waals surface area contributed by atoms with E-state index in [2.05, 4.69) is 10.4 Å². The monoisotopic (exact) mass is 293 g/mol. The molecule has 0 amide bonds. The van der Waals surface area contributed by atoms with Crippen molar-refractivity contribution < 1.29 is 13.5 Å². The molecule has 0 fully saturated rings. The molecule has 1 aromatic carbocycles. The Morgan fingerprint density at radius 3 is 2.90 bits per heavy atom. The molecule has 1 N–H and O–H groups in total. The maximum Gasteiger partial charge on any atom is 0.260 e. The summed E-state index contributed by atoms with van der Waals surface area (Å²) in [5.41, 5.74) is 1.67. The van der Waals surface area contributed by atoms with E-state index in [4.69, 9.17) is 4.74 Å². The molecule has 4 nitrogen and oxygen atoms in total. The van der Waals surface area contributed by atoms with Gasteiger partial charge in [0.05, 0.1) is 18.8 Å². The molecule has 0 bridgehead atoms. The lowest BCUT2D eigenvalue weighted by molar-refractivity contribution is 0.0657. The molecule has 2 heterocycles. The first-order chi connectivity index (χ1) is 10.1. The number of benzene rings is 1. The summed E-state index contributed by atoms with van der Waals surface area (Å²) in [5, 5.41) is 7.45. The van der Waals surface area contributed by atoms with Crippen LogP contribution >= 0.6 is 0 Å². The minimum absolute atomic E-state index is 0.178. The molecule has 2 atom stereocenters. The van der Waals surface area contributed by atoms with E-state index in [1.165, 1.54) is 4.68 Å². The van der Waals surface area contributed by atoms with Crippen molar-refractivity contribution in [3.8, 4) is 5.75 Å². The third-order valence-corrected chi connectivity index (χ3v) is 3.76. The van der Waals surface area contributed by atoms with E-state index in [0.717, 1.165) is 17.0 Å². The lowest BCUT2D eigenvalue weighted by Gasteiger charge is -2.32. The molecular formula is C15H17F2N3O. The van der Waals surface area contributed by atoms with Crippen molar-refractivity contribution in [1.82, 2.24) is 9.78 Å². The Balaban J connectivity index is 1.95. The Bertz CT molecular complexity index is 642. The van der Waals surface area contributed by atoms with E-state index >= 15 is 0 Å². The number of halogens is 2. The summed E-state index contributed by atoms with van der Waals surface area (Å²) in [6.07, 6.45) is -2.16. The number of ether oxygens (including phenoxy) is 1. The van der Waals surface area contributed by atoms with Crippen molar-refractivity contribution in [2.45, 2.75) is 31.9 Å². The average Bonchev–Trinajstić information content (AvgIpc) is 2.86. The molecular weight excluding hydrogens is 276 g/mol. The lowest BCUT2D eigenvalue weighted by Crippen LogP contribution is -2.30. The Labute approximate surface area is 121 Å². The second-order valence-corrected chi connectivity index (χ2v) is 5.23. The molecule has 0 saturated heterocycles. The van der Waals surface area contributed by atoms with Crippen molar-refractivity contribution in [3.63, 3.8) is 0 Å². The van der Waals surface area contributed by atoms with Gasteiger partial charge in [0.2, 0.25) is 0 Å². The minimum Gasteiger partial charge on any atom is -0.497 e. The van der Waals surface area contributed by atoms with E-state index < -0.39 is 12.5 Å². The molecule has 1 aliphatic rings. The first-order valence-electron chi connectivity index (χ1n) is 6.83. The highest BCUT2D eigenvalue weighted by atomic mass is 19.3. The van der Waals surface area contributed by atoms with E-state index in [9.17, 15) is 8.78 Å². The molecule has 2 aromatic rings. The van der Waals surface area contributed by atoms with Crippen molar-refractivity contribution in [2.75, 3.05) is 12.4 Å². The van der Waals surface area contributed by atoms with Gasteiger partial charge in [-0.05, 0) is 31.0 Å². The minimum atomic E-state index is -2.45. The number of rotatable bonds is 3. The van der Waals surface area contributed by atoms with Crippen LogP contribution in [0.2, 0.25) is 0 Å². The summed E-state index contributed by atoms with van der Waals surface area (Å²) < 4.78 is 33.3. The molecule has 1 aliphatic heterocycles. The Hall–Kier alpha value is -2.11. The smallest absolute Gasteiger partial charge is 0.260 e. The summed E-state index contributed by atoms with van der Waals surface area (Å²) in [6, 6.07) is 8.20. The number of aryl methyl sites for hydroxylation is 1. The molecule has 0 saturated carbocycles. The number of methoxy groups -OCH3 is 1. The van der Waals surface area contributed by atoms with Crippen LogP contribution in [0.25, 0.3) is 0 Å². The van der Waals surface area contributed by atoms with Crippen LogP contribution in [-0.2, 0) is 0 Å². The molecule has 112 valence electrons. The van der Waals surface area contributed by atoms with E-state index in [1.54, 1.807) is 20.1 Å². The van der Waals surface area contributed by atoms with Gasteiger partial charge in [0.25, 0.3) is 6.43 Å². The van der Waals surface area contributed by atoms with Crippen LogP contribution in [0.1, 0.15) is 29.8 Å². The van der Waals surface area contributed by atoms with Crippen LogP contribution in [0.4, 0.5) is 14.6 Å². The standard InChI is InChI=1S/C15H17F2N3O/c1-9-6-14-18-12(8-13(15(16)17)20(14)19-9)10-4-3-5-11(7-10)21-2/h3-7,12-13,15,18H,8H2,1-2H3/t12-,13+/m0/s1. The van der Waals surface area contributed by atoms with Gasteiger partial charge in [-0.1, -0.05) is 12.1 Å². The number of hydrogen-bond donors (Lipinski definition) is 1. The van der Waals surface area contributed by atoms with Gasteiger partial charge in [0, 0.05) is 6.07 Å². The number of fused-ring (bicyclic) bond motifs is 1. The zero-order valence-electron chi connectivity index (χ0n) is 11.9. The van der Waals surface area contributed by atoms with Crippen molar-refractivity contribution in [2.24, 2.45) is 0 Å². The maximum absolute atomic E-state index is 13.3. The van der Waals surface area contributed by atoms with E-state index in [0.29, 0.717) is 12.2 Å². The molecule has 6 heteroatoms. The fourth-order valence-electron chi connectivity index (χ4n) is 2.74. The predicted molar refractivity (Wildman–Crippen MR) is 76.0 cm³/mol. The average molecular weight is 293 g/mol. The van der Waals surface area contributed by atoms with Gasteiger partial charge in [-0.25, -0.2) is 13.5 Å². The topological polar surface area (TPSA) is 39.1 Å². The van der Waals surface area contributed by atoms with Crippen LogP contribution in [-0.4, -0.2) is 23.3 Å². The van der Waals surface area contributed by atoms with Gasteiger partial charge in [0.1, 0.15) is 17.6 Å². The molecule has 3 rings (SSSR count). The fourth-order valence-corrected chi connectivity index (χ4v) is 2.74. The number of hydrogen-bond acceptors (Lipinski definition) is 3. The number of anilines is 1. The fraction of sp³-hybridized carbons (Fsp3) is 0.400. The van der Waals surface area contributed by atoms with Crippen LogP contribution in [0, 0.1) is 6.92 Å². The van der Waals surface area contributed by atoms with E-state index in [1.807, 2.05) is 24.3 Å². The molecule has 21 heavy (non-hydrogen) atoms. The third kappa shape index (κ3) is 2.57. The van der Waals surface area contributed by atoms with Gasteiger partial charge >= 0.3 is 0 Å². The molecule has 0 spiro atoms. The second kappa shape index (κ2) is 5.35. The Morgan fingerprint density at radius 1 is 1.38 bits per heavy atom. The number of nitrogens with zero attached hydrogens (tertiary/aromatic N) is 2. The van der Waals surface area contributed by atoms with E-state index in [-0.39, 0.29) is 6.04 Å². The van der Waals surface area contributed by atoms with Crippen molar-refractivity contribution >= 4 is 5.82 Å². The SMILES string of the molecule is COc1cccc([C@@H]2C[C@H](C(F)F)n3nc(C)cc3N2)c1. The first kappa shape index (κ1) is 13.9. The summed E-state index contributed by atoms with van der Waals surface area (Å²) in [4.78, 5) is 0. The number of aromatic nitrogens is 2. The molecule has 0 unspecified atom stereocenters. The highest BCUT2D eigenvalue weighted by Gasteiger charge is 2.34. The largest absolute Gasteiger partial charge is 0.497 e. The summed E-state index contributed by atoms with van der Waals surface area (Å²) in [5.74, 6) is 1.36. The highest BCUT2D eigenvalue weighted by Crippen LogP contribution is 2.38. The zero-order valence-corrected chi connectivity index (χ0v) is 11.9. The van der Waals surface area contributed by atoms with Crippen LogP contribution < -0.4 is 10.1 Å². The van der Waals surface area contributed by atoms with Gasteiger partial charge in [0.15, 0.2) is 0 Å². The molecule has 0 aliphatic carbocycles. The molecule has 1 aromatic heterocycles. The van der Waals surface area contributed by atoms with Crippen molar-refractivity contribution in [1.29, 1.82) is 0 Å².